The minimum absolute atomic E-state index is 0.0249. The number of amides is 1. The Hall–Kier alpha value is -2.26. The number of hydrogen-bond donors (Lipinski definition) is 3. The molecule has 0 aliphatic rings. The Labute approximate surface area is 121 Å². The molecule has 0 aliphatic heterocycles. The highest BCUT2D eigenvalue weighted by Crippen LogP contribution is 2.07. The number of carbonyl (C=O) groups is 2. The lowest BCUT2D eigenvalue weighted by Crippen LogP contribution is -2.33. The normalized spacial score (nSPS) is 11.5. The van der Waals surface area contributed by atoms with Crippen LogP contribution in [0.15, 0.2) is 24.4 Å². The zero-order valence-electron chi connectivity index (χ0n) is 11.2. The van der Waals surface area contributed by atoms with Crippen LogP contribution in [-0.4, -0.2) is 49.7 Å². The zero-order valence-corrected chi connectivity index (χ0v) is 12.1. The average molecular weight is 313 g/mol. The van der Waals surface area contributed by atoms with Gasteiger partial charge in [0.1, 0.15) is 5.69 Å². The molecule has 0 bridgehead atoms. The van der Waals surface area contributed by atoms with Crippen LogP contribution in [0.25, 0.3) is 6.08 Å². The molecular weight excluding hydrogens is 298 g/mol. The summed E-state index contributed by atoms with van der Waals surface area (Å²) in [5.74, 6) is -1.99. The SMILES string of the molecule is CNS(=O)(=O)CCNC(=O)c1ncccc1/C=C/C(=O)O. The van der Waals surface area contributed by atoms with Gasteiger partial charge in [0.2, 0.25) is 10.0 Å². The maximum atomic E-state index is 11.9. The number of aliphatic carboxylic acids is 1. The van der Waals surface area contributed by atoms with Crippen LogP contribution in [-0.2, 0) is 14.8 Å². The third kappa shape index (κ3) is 5.71. The topological polar surface area (TPSA) is 125 Å². The molecule has 21 heavy (non-hydrogen) atoms. The van der Waals surface area contributed by atoms with E-state index in [1.807, 2.05) is 0 Å². The number of carboxylic acid groups (broad SMARTS) is 1. The van der Waals surface area contributed by atoms with Crippen molar-refractivity contribution in [2.24, 2.45) is 0 Å². The summed E-state index contributed by atoms with van der Waals surface area (Å²) >= 11 is 0. The summed E-state index contributed by atoms with van der Waals surface area (Å²) in [5, 5.41) is 11.0. The smallest absolute Gasteiger partial charge is 0.328 e. The Bertz CT molecular complexity index is 655. The van der Waals surface area contributed by atoms with Crippen LogP contribution in [0.5, 0.6) is 0 Å². The number of pyridine rings is 1. The van der Waals surface area contributed by atoms with Gasteiger partial charge in [0.25, 0.3) is 5.91 Å². The Morgan fingerprint density at radius 3 is 2.76 bits per heavy atom. The molecule has 1 rings (SSSR count). The van der Waals surface area contributed by atoms with E-state index in [1.165, 1.54) is 25.4 Å². The number of nitrogens with one attached hydrogen (secondary N) is 2. The van der Waals surface area contributed by atoms with E-state index in [-0.39, 0.29) is 18.0 Å². The molecular formula is C12H15N3O5S. The fraction of sp³-hybridized carbons (Fsp3) is 0.250. The predicted molar refractivity (Wildman–Crippen MR) is 76.1 cm³/mol. The van der Waals surface area contributed by atoms with Crippen LogP contribution >= 0.6 is 0 Å². The first-order valence-corrected chi connectivity index (χ1v) is 7.56. The molecule has 8 nitrogen and oxygen atoms in total. The Morgan fingerprint density at radius 2 is 2.14 bits per heavy atom. The Balaban J connectivity index is 2.77. The van der Waals surface area contributed by atoms with Crippen LogP contribution in [0.3, 0.4) is 0 Å². The lowest BCUT2D eigenvalue weighted by atomic mass is 10.1. The molecule has 0 spiro atoms. The van der Waals surface area contributed by atoms with Gasteiger partial charge in [-0.15, -0.1) is 0 Å². The standard InChI is InChI=1S/C12H15N3O5S/c1-13-21(19,20)8-7-15-12(18)11-9(3-2-6-14-11)4-5-10(16)17/h2-6,13H,7-8H2,1H3,(H,15,18)(H,16,17)/b5-4+. The molecule has 0 radical (unpaired) electrons. The Morgan fingerprint density at radius 1 is 1.43 bits per heavy atom. The van der Waals surface area contributed by atoms with Gasteiger partial charge in [-0.25, -0.2) is 17.9 Å². The molecule has 1 heterocycles. The maximum absolute atomic E-state index is 11.9. The van der Waals surface area contributed by atoms with Gasteiger partial charge in [-0.05, 0) is 19.2 Å². The van der Waals surface area contributed by atoms with Gasteiger partial charge in [0, 0.05) is 24.4 Å². The van der Waals surface area contributed by atoms with Crippen molar-refractivity contribution in [1.29, 1.82) is 0 Å². The number of carbonyl (C=O) groups excluding carboxylic acids is 1. The van der Waals surface area contributed by atoms with Gasteiger partial charge < -0.3 is 10.4 Å². The molecule has 1 amide bonds. The van der Waals surface area contributed by atoms with E-state index >= 15 is 0 Å². The van der Waals surface area contributed by atoms with Crippen LogP contribution in [0.2, 0.25) is 0 Å². The van der Waals surface area contributed by atoms with Gasteiger partial charge in [-0.1, -0.05) is 6.07 Å². The third-order valence-corrected chi connectivity index (χ3v) is 3.79. The van der Waals surface area contributed by atoms with Crippen molar-refractivity contribution >= 4 is 28.0 Å². The molecule has 1 aromatic rings. The molecule has 1 aromatic heterocycles. The van der Waals surface area contributed by atoms with Crippen molar-refractivity contribution in [2.45, 2.75) is 0 Å². The van der Waals surface area contributed by atoms with E-state index in [2.05, 4.69) is 15.0 Å². The highest BCUT2D eigenvalue weighted by molar-refractivity contribution is 7.89. The molecule has 0 aromatic carbocycles. The highest BCUT2D eigenvalue weighted by atomic mass is 32.2. The van der Waals surface area contributed by atoms with Crippen LogP contribution in [0, 0.1) is 0 Å². The van der Waals surface area contributed by atoms with Gasteiger partial charge >= 0.3 is 5.97 Å². The average Bonchev–Trinajstić information content (AvgIpc) is 2.45. The van der Waals surface area contributed by atoms with Gasteiger partial charge in [0.05, 0.1) is 5.75 Å². The first-order chi connectivity index (χ1) is 9.85. The van der Waals surface area contributed by atoms with Gasteiger partial charge in [0.15, 0.2) is 0 Å². The van der Waals surface area contributed by atoms with Gasteiger partial charge in [-0.2, -0.15) is 0 Å². The zero-order chi connectivity index (χ0) is 15.9. The number of rotatable bonds is 7. The second kappa shape index (κ2) is 7.50. The van der Waals surface area contributed by atoms with Crippen molar-refractivity contribution in [2.75, 3.05) is 19.3 Å². The number of carboxylic acids is 1. The molecule has 0 fully saturated rings. The molecule has 0 atom stereocenters. The lowest BCUT2D eigenvalue weighted by Gasteiger charge is -2.07. The quantitative estimate of drug-likeness (QED) is 0.580. The molecule has 3 N–H and O–H groups in total. The summed E-state index contributed by atoms with van der Waals surface area (Å²) in [7, 11) is -2.12. The molecule has 0 aliphatic carbocycles. The summed E-state index contributed by atoms with van der Waals surface area (Å²) in [6.45, 7) is -0.0827. The summed E-state index contributed by atoms with van der Waals surface area (Å²) in [6.07, 6.45) is 3.52. The molecule has 114 valence electrons. The number of sulfonamides is 1. The predicted octanol–water partition coefficient (Wildman–Crippen LogP) is -0.542. The fourth-order valence-electron chi connectivity index (χ4n) is 1.39. The van der Waals surface area contributed by atoms with Crippen molar-refractivity contribution in [1.82, 2.24) is 15.0 Å². The van der Waals surface area contributed by atoms with Crippen molar-refractivity contribution in [3.63, 3.8) is 0 Å². The Kier molecular flexibility index (Phi) is 6.00. The van der Waals surface area contributed by atoms with E-state index in [1.54, 1.807) is 6.07 Å². The first kappa shape index (κ1) is 16.8. The summed E-state index contributed by atoms with van der Waals surface area (Å²) < 4.78 is 24.5. The summed E-state index contributed by atoms with van der Waals surface area (Å²) in [5.41, 5.74) is 0.353. The molecule has 9 heteroatoms. The number of aromatic nitrogens is 1. The maximum Gasteiger partial charge on any atom is 0.328 e. The summed E-state index contributed by atoms with van der Waals surface area (Å²) in [4.78, 5) is 26.3. The fourth-order valence-corrected chi connectivity index (χ4v) is 1.96. The minimum Gasteiger partial charge on any atom is -0.478 e. The summed E-state index contributed by atoms with van der Waals surface area (Å²) in [6, 6.07) is 3.09. The van der Waals surface area contributed by atoms with E-state index in [0.29, 0.717) is 5.56 Å². The highest BCUT2D eigenvalue weighted by Gasteiger charge is 2.13. The van der Waals surface area contributed by atoms with E-state index < -0.39 is 21.9 Å². The van der Waals surface area contributed by atoms with Crippen LogP contribution in [0.1, 0.15) is 16.1 Å². The monoisotopic (exact) mass is 313 g/mol. The van der Waals surface area contributed by atoms with Crippen LogP contribution < -0.4 is 10.0 Å². The lowest BCUT2D eigenvalue weighted by molar-refractivity contribution is -0.131. The molecule has 0 saturated heterocycles. The second-order valence-corrected chi connectivity index (χ2v) is 5.94. The second-order valence-electron chi connectivity index (χ2n) is 3.89. The first-order valence-electron chi connectivity index (χ1n) is 5.91. The minimum atomic E-state index is -3.41. The molecule has 0 saturated carbocycles. The van der Waals surface area contributed by atoms with E-state index in [4.69, 9.17) is 5.11 Å². The van der Waals surface area contributed by atoms with E-state index in [0.717, 1.165) is 6.08 Å². The molecule has 0 unspecified atom stereocenters. The third-order valence-electron chi connectivity index (χ3n) is 2.43. The van der Waals surface area contributed by atoms with Crippen molar-refractivity contribution < 1.29 is 23.1 Å². The van der Waals surface area contributed by atoms with Crippen molar-refractivity contribution in [3.8, 4) is 0 Å². The van der Waals surface area contributed by atoms with Gasteiger partial charge in [-0.3, -0.25) is 9.78 Å². The van der Waals surface area contributed by atoms with E-state index in [9.17, 15) is 18.0 Å². The van der Waals surface area contributed by atoms with Crippen LogP contribution in [0.4, 0.5) is 0 Å². The number of nitrogens with zero attached hydrogens (tertiary/aromatic N) is 1. The van der Waals surface area contributed by atoms with Crippen molar-refractivity contribution in [3.05, 3.63) is 35.7 Å². The number of hydrogen-bond acceptors (Lipinski definition) is 5. The largest absolute Gasteiger partial charge is 0.478 e.